The van der Waals surface area contributed by atoms with E-state index in [0.717, 1.165) is 0 Å². The van der Waals surface area contributed by atoms with Gasteiger partial charge in [-0.2, -0.15) is 4.72 Å². The first-order chi connectivity index (χ1) is 9.58. The predicted molar refractivity (Wildman–Crippen MR) is 77.2 cm³/mol. The Bertz CT molecular complexity index is 635. The molecule has 0 saturated heterocycles. The molecule has 1 aromatic rings. The van der Waals surface area contributed by atoms with Crippen molar-refractivity contribution in [1.82, 2.24) is 4.72 Å². The summed E-state index contributed by atoms with van der Waals surface area (Å²) < 4.78 is 31.2. The summed E-state index contributed by atoms with van der Waals surface area (Å²) in [5, 5.41) is 2.53. The molecule has 0 unspecified atom stereocenters. The fraction of sp³-hybridized carbons (Fsp3) is 0.385. The smallest absolute Gasteiger partial charge is 0.326 e. The minimum atomic E-state index is -3.88. The van der Waals surface area contributed by atoms with E-state index in [9.17, 15) is 18.0 Å². The Morgan fingerprint density at radius 1 is 1.14 bits per heavy atom. The van der Waals surface area contributed by atoms with Crippen LogP contribution in [0.3, 0.4) is 0 Å². The summed E-state index contributed by atoms with van der Waals surface area (Å²) in [4.78, 5) is 22.4. The molecule has 0 saturated carbocycles. The molecule has 0 aromatic heterocycles. The van der Waals surface area contributed by atoms with Gasteiger partial charge in [0.25, 0.3) is 0 Å². The molecular weight excluding hydrogens is 296 g/mol. The Labute approximate surface area is 123 Å². The number of hydrogen-bond acceptors (Lipinski definition) is 5. The normalized spacial score (nSPS) is 11.8. The highest BCUT2D eigenvalue weighted by Crippen LogP contribution is 2.17. The molecule has 21 heavy (non-hydrogen) atoms. The van der Waals surface area contributed by atoms with E-state index in [0.29, 0.717) is 5.69 Å². The monoisotopic (exact) mass is 314 g/mol. The number of anilines is 1. The van der Waals surface area contributed by atoms with Crippen LogP contribution in [-0.4, -0.2) is 32.9 Å². The Morgan fingerprint density at radius 3 is 2.10 bits per heavy atom. The van der Waals surface area contributed by atoms with Crippen molar-refractivity contribution in [2.24, 2.45) is 0 Å². The van der Waals surface area contributed by atoms with Crippen LogP contribution in [0.2, 0.25) is 0 Å². The van der Waals surface area contributed by atoms with Crippen molar-refractivity contribution < 1.29 is 22.7 Å². The van der Waals surface area contributed by atoms with Crippen LogP contribution in [0.15, 0.2) is 29.2 Å². The van der Waals surface area contributed by atoms with E-state index in [-0.39, 0.29) is 10.8 Å². The topological polar surface area (TPSA) is 102 Å². The maximum atomic E-state index is 12.2. The number of nitrogens with one attached hydrogen (secondary N) is 2. The predicted octanol–water partition coefficient (Wildman–Crippen LogP) is 0.875. The van der Waals surface area contributed by atoms with E-state index in [1.807, 2.05) is 0 Å². The molecule has 0 bridgehead atoms. The van der Waals surface area contributed by atoms with E-state index in [2.05, 4.69) is 14.8 Å². The van der Waals surface area contributed by atoms with Crippen molar-refractivity contribution in [3.63, 3.8) is 0 Å². The average molecular weight is 314 g/mol. The number of methoxy groups -OCH3 is 1. The van der Waals surface area contributed by atoms with Crippen molar-refractivity contribution in [3.05, 3.63) is 24.3 Å². The molecular formula is C13H18N2O5S. The summed E-state index contributed by atoms with van der Waals surface area (Å²) in [6.45, 7) is 4.16. The second-order valence-electron chi connectivity index (χ2n) is 4.93. The van der Waals surface area contributed by atoms with Crippen molar-refractivity contribution >= 4 is 27.6 Å². The SMILES string of the molecule is COC(=O)C(C)(C)NS(=O)(=O)c1ccc(NC(C)=O)cc1. The average Bonchev–Trinajstić information content (AvgIpc) is 2.36. The minimum Gasteiger partial charge on any atom is -0.468 e. The standard InChI is InChI=1S/C13H18N2O5S/c1-9(16)14-10-5-7-11(8-6-10)21(18,19)15-13(2,3)12(17)20-4/h5-8,15H,1-4H3,(H,14,16). The fourth-order valence-corrected chi connectivity index (χ4v) is 2.98. The molecule has 0 aliphatic rings. The summed E-state index contributed by atoms with van der Waals surface area (Å²) >= 11 is 0. The lowest BCUT2D eigenvalue weighted by Crippen LogP contribution is -2.50. The van der Waals surface area contributed by atoms with Crippen molar-refractivity contribution in [2.45, 2.75) is 31.2 Å². The highest BCUT2D eigenvalue weighted by molar-refractivity contribution is 7.89. The third kappa shape index (κ3) is 4.54. The number of sulfonamides is 1. The fourth-order valence-electron chi connectivity index (χ4n) is 1.61. The summed E-state index contributed by atoms with van der Waals surface area (Å²) in [5.41, 5.74) is -0.905. The lowest BCUT2D eigenvalue weighted by molar-refractivity contribution is -0.146. The van der Waals surface area contributed by atoms with E-state index >= 15 is 0 Å². The van der Waals surface area contributed by atoms with Crippen LogP contribution in [0.1, 0.15) is 20.8 Å². The van der Waals surface area contributed by atoms with Crippen molar-refractivity contribution in [2.75, 3.05) is 12.4 Å². The lowest BCUT2D eigenvalue weighted by Gasteiger charge is -2.22. The van der Waals surface area contributed by atoms with Gasteiger partial charge in [0.15, 0.2) is 0 Å². The van der Waals surface area contributed by atoms with Crippen LogP contribution < -0.4 is 10.0 Å². The molecule has 1 amide bonds. The largest absolute Gasteiger partial charge is 0.468 e. The Balaban J connectivity index is 2.98. The van der Waals surface area contributed by atoms with Crippen LogP contribution in [0, 0.1) is 0 Å². The molecule has 0 aliphatic heterocycles. The van der Waals surface area contributed by atoms with Gasteiger partial charge in [0, 0.05) is 12.6 Å². The Kier molecular flexibility index (Phi) is 5.08. The third-order valence-corrected chi connectivity index (χ3v) is 4.24. The first-order valence-electron chi connectivity index (χ1n) is 6.08. The van der Waals surface area contributed by atoms with Crippen LogP contribution in [-0.2, 0) is 24.3 Å². The molecule has 0 aliphatic carbocycles. The van der Waals surface area contributed by atoms with Gasteiger partial charge in [-0.3, -0.25) is 9.59 Å². The van der Waals surface area contributed by atoms with Gasteiger partial charge in [0.2, 0.25) is 15.9 Å². The molecule has 7 nitrogen and oxygen atoms in total. The zero-order valence-electron chi connectivity index (χ0n) is 12.3. The van der Waals surface area contributed by atoms with E-state index < -0.39 is 21.5 Å². The number of benzene rings is 1. The second-order valence-corrected chi connectivity index (χ2v) is 6.61. The Hall–Kier alpha value is -1.93. The number of rotatable bonds is 5. The number of ether oxygens (including phenoxy) is 1. The van der Waals surface area contributed by atoms with Gasteiger partial charge < -0.3 is 10.1 Å². The summed E-state index contributed by atoms with van der Waals surface area (Å²) in [7, 11) is -2.70. The number of carbonyl (C=O) groups excluding carboxylic acids is 2. The van der Waals surface area contributed by atoms with Gasteiger partial charge in [0.1, 0.15) is 5.54 Å². The molecule has 0 fully saturated rings. The van der Waals surface area contributed by atoms with Gasteiger partial charge in [-0.05, 0) is 38.1 Å². The van der Waals surface area contributed by atoms with Crippen molar-refractivity contribution in [1.29, 1.82) is 0 Å². The van der Waals surface area contributed by atoms with Crippen LogP contribution in [0.25, 0.3) is 0 Å². The van der Waals surface area contributed by atoms with Gasteiger partial charge in [-0.1, -0.05) is 0 Å². The first kappa shape index (κ1) is 17.1. The molecule has 0 spiro atoms. The first-order valence-corrected chi connectivity index (χ1v) is 7.57. The number of carbonyl (C=O) groups is 2. The highest BCUT2D eigenvalue weighted by atomic mass is 32.2. The number of hydrogen-bond donors (Lipinski definition) is 2. The zero-order chi connectivity index (χ0) is 16.3. The number of amides is 1. The molecule has 1 rings (SSSR count). The lowest BCUT2D eigenvalue weighted by atomic mass is 10.1. The van der Waals surface area contributed by atoms with Crippen molar-refractivity contribution in [3.8, 4) is 0 Å². The van der Waals surface area contributed by atoms with Gasteiger partial charge >= 0.3 is 5.97 Å². The molecule has 0 heterocycles. The Morgan fingerprint density at radius 2 is 1.67 bits per heavy atom. The van der Waals surface area contributed by atoms with E-state index in [1.54, 1.807) is 0 Å². The molecule has 116 valence electrons. The summed E-state index contributed by atoms with van der Waals surface area (Å²) in [6, 6.07) is 5.59. The number of esters is 1. The summed E-state index contributed by atoms with van der Waals surface area (Å²) in [5.74, 6) is -0.948. The highest BCUT2D eigenvalue weighted by Gasteiger charge is 2.34. The molecule has 0 atom stereocenters. The minimum absolute atomic E-state index is 0.0198. The summed E-state index contributed by atoms with van der Waals surface area (Å²) in [6.07, 6.45) is 0. The quantitative estimate of drug-likeness (QED) is 0.785. The second kappa shape index (κ2) is 6.23. The van der Waals surface area contributed by atoms with Gasteiger partial charge in [-0.25, -0.2) is 8.42 Å². The molecule has 0 radical (unpaired) electrons. The maximum absolute atomic E-state index is 12.2. The maximum Gasteiger partial charge on any atom is 0.326 e. The van der Waals surface area contributed by atoms with Gasteiger partial charge in [0.05, 0.1) is 12.0 Å². The third-order valence-electron chi connectivity index (χ3n) is 2.57. The van der Waals surface area contributed by atoms with Crippen LogP contribution in [0.4, 0.5) is 5.69 Å². The zero-order valence-corrected chi connectivity index (χ0v) is 13.1. The molecule has 2 N–H and O–H groups in total. The molecule has 8 heteroatoms. The van der Waals surface area contributed by atoms with Crippen LogP contribution >= 0.6 is 0 Å². The van der Waals surface area contributed by atoms with Crippen LogP contribution in [0.5, 0.6) is 0 Å². The molecule has 1 aromatic carbocycles. The van der Waals surface area contributed by atoms with Gasteiger partial charge in [-0.15, -0.1) is 0 Å². The van der Waals surface area contributed by atoms with E-state index in [1.165, 1.54) is 52.1 Å². The van der Waals surface area contributed by atoms with E-state index in [4.69, 9.17) is 0 Å².